The predicted molar refractivity (Wildman–Crippen MR) is 52.6 cm³/mol. The Kier molecular flexibility index (Phi) is 3.26. The molecule has 0 aliphatic rings. The van der Waals surface area contributed by atoms with Gasteiger partial charge in [-0.3, -0.25) is 0 Å². The van der Waals surface area contributed by atoms with Crippen molar-refractivity contribution in [1.82, 2.24) is 0 Å². The van der Waals surface area contributed by atoms with Crippen molar-refractivity contribution in [2.75, 3.05) is 0 Å². The fourth-order valence-electron chi connectivity index (χ4n) is 1.39. The van der Waals surface area contributed by atoms with Gasteiger partial charge in [0.1, 0.15) is 5.75 Å². The minimum atomic E-state index is -2.32. The Bertz CT molecular complexity index is 287. The number of aryl methyl sites for hydroxylation is 3. The van der Waals surface area contributed by atoms with Crippen LogP contribution in [0.15, 0.2) is 12.1 Å². The molecule has 0 aliphatic heterocycles. The van der Waals surface area contributed by atoms with Crippen molar-refractivity contribution in [3.63, 3.8) is 0 Å². The first-order chi connectivity index (χ1) is 6.00. The summed E-state index contributed by atoms with van der Waals surface area (Å²) in [6.45, 7) is 5.76. The SMILES string of the molecule is Cc1cc(C)c(OP(O)O)c(C)c1. The highest BCUT2D eigenvalue weighted by Crippen LogP contribution is 2.34. The second-order valence-electron chi connectivity index (χ2n) is 3.07. The molecule has 0 amide bonds. The van der Waals surface area contributed by atoms with Crippen LogP contribution in [0.4, 0.5) is 0 Å². The van der Waals surface area contributed by atoms with Crippen molar-refractivity contribution < 1.29 is 14.3 Å². The lowest BCUT2D eigenvalue weighted by Crippen LogP contribution is -1.92. The van der Waals surface area contributed by atoms with E-state index in [9.17, 15) is 0 Å². The Hall–Kier alpha value is -0.630. The van der Waals surface area contributed by atoms with Gasteiger partial charge in [-0.05, 0) is 31.9 Å². The van der Waals surface area contributed by atoms with Gasteiger partial charge >= 0.3 is 8.60 Å². The molecule has 0 radical (unpaired) electrons. The summed E-state index contributed by atoms with van der Waals surface area (Å²) in [6, 6.07) is 3.89. The molecular formula is C9H13O3P. The van der Waals surface area contributed by atoms with Crippen molar-refractivity contribution in [2.24, 2.45) is 0 Å². The topological polar surface area (TPSA) is 49.7 Å². The second kappa shape index (κ2) is 4.05. The van der Waals surface area contributed by atoms with Crippen LogP contribution in [0.25, 0.3) is 0 Å². The molecule has 1 aromatic rings. The van der Waals surface area contributed by atoms with E-state index in [4.69, 9.17) is 14.3 Å². The van der Waals surface area contributed by atoms with E-state index in [0.29, 0.717) is 5.75 Å². The minimum absolute atomic E-state index is 0.571. The molecule has 0 fully saturated rings. The number of rotatable bonds is 2. The van der Waals surface area contributed by atoms with Gasteiger partial charge in [0.15, 0.2) is 0 Å². The van der Waals surface area contributed by atoms with E-state index >= 15 is 0 Å². The smallest absolute Gasteiger partial charge is 0.391 e. The lowest BCUT2D eigenvalue weighted by molar-refractivity contribution is 0.373. The molecule has 0 atom stereocenters. The summed E-state index contributed by atoms with van der Waals surface area (Å²) >= 11 is 0. The molecule has 2 N–H and O–H groups in total. The highest BCUT2D eigenvalue weighted by Gasteiger charge is 2.09. The second-order valence-corrected chi connectivity index (χ2v) is 3.76. The number of hydrogen-bond acceptors (Lipinski definition) is 3. The van der Waals surface area contributed by atoms with Gasteiger partial charge in [0.2, 0.25) is 0 Å². The molecule has 1 aromatic carbocycles. The average molecular weight is 200 g/mol. The first kappa shape index (κ1) is 10.5. The van der Waals surface area contributed by atoms with Crippen molar-refractivity contribution in [3.8, 4) is 5.75 Å². The standard InChI is InChI=1S/C9H13O3P/c1-6-4-7(2)9(8(3)5-6)12-13(10)11/h4-5,10-11H,1-3H3. The van der Waals surface area contributed by atoms with E-state index in [-0.39, 0.29) is 0 Å². The van der Waals surface area contributed by atoms with Crippen molar-refractivity contribution >= 4 is 8.60 Å². The van der Waals surface area contributed by atoms with Crippen LogP contribution in [-0.4, -0.2) is 9.79 Å². The average Bonchev–Trinajstić information content (AvgIpc) is 1.96. The highest BCUT2D eigenvalue weighted by molar-refractivity contribution is 7.39. The molecular weight excluding hydrogens is 187 g/mol. The first-order valence-corrected chi connectivity index (χ1v) is 5.11. The summed E-state index contributed by atoms with van der Waals surface area (Å²) in [4.78, 5) is 17.4. The molecule has 0 aliphatic carbocycles. The van der Waals surface area contributed by atoms with Crippen LogP contribution in [0.2, 0.25) is 0 Å². The Morgan fingerprint density at radius 3 is 1.92 bits per heavy atom. The lowest BCUT2D eigenvalue weighted by atomic mass is 10.1. The predicted octanol–water partition coefficient (Wildman–Crippen LogP) is 2.20. The molecule has 0 saturated carbocycles. The summed E-state index contributed by atoms with van der Waals surface area (Å²) in [5, 5.41) is 0. The largest absolute Gasteiger partial charge is 0.426 e. The molecule has 1 rings (SSSR count). The Balaban J connectivity index is 3.06. The van der Waals surface area contributed by atoms with Gasteiger partial charge in [0.25, 0.3) is 0 Å². The third-order valence-corrected chi connectivity index (χ3v) is 2.12. The minimum Gasteiger partial charge on any atom is -0.426 e. The van der Waals surface area contributed by atoms with Gasteiger partial charge in [-0.2, -0.15) is 0 Å². The van der Waals surface area contributed by atoms with Gasteiger partial charge in [0, 0.05) is 0 Å². The molecule has 72 valence electrons. The molecule has 0 aromatic heterocycles. The van der Waals surface area contributed by atoms with Crippen LogP contribution in [0.3, 0.4) is 0 Å². The van der Waals surface area contributed by atoms with Gasteiger partial charge in [-0.25, -0.2) is 0 Å². The van der Waals surface area contributed by atoms with Crippen molar-refractivity contribution in [1.29, 1.82) is 0 Å². The summed E-state index contributed by atoms with van der Waals surface area (Å²) in [7, 11) is -2.32. The summed E-state index contributed by atoms with van der Waals surface area (Å²) < 4.78 is 4.91. The maximum Gasteiger partial charge on any atom is 0.391 e. The fourth-order valence-corrected chi connectivity index (χ4v) is 1.84. The van der Waals surface area contributed by atoms with E-state index < -0.39 is 8.60 Å². The van der Waals surface area contributed by atoms with Crippen LogP contribution in [0.5, 0.6) is 5.75 Å². The zero-order valence-electron chi connectivity index (χ0n) is 7.90. The number of hydrogen-bond donors (Lipinski definition) is 2. The van der Waals surface area contributed by atoms with Crippen molar-refractivity contribution in [2.45, 2.75) is 20.8 Å². The Morgan fingerprint density at radius 1 is 1.08 bits per heavy atom. The van der Waals surface area contributed by atoms with Gasteiger partial charge < -0.3 is 14.3 Å². The monoisotopic (exact) mass is 200 g/mol. The van der Waals surface area contributed by atoms with E-state index in [1.165, 1.54) is 0 Å². The quantitative estimate of drug-likeness (QED) is 0.719. The zero-order valence-corrected chi connectivity index (χ0v) is 8.80. The zero-order chi connectivity index (χ0) is 10.0. The summed E-state index contributed by atoms with van der Waals surface area (Å²) in [6.07, 6.45) is 0. The number of benzene rings is 1. The van der Waals surface area contributed by atoms with Gasteiger partial charge in [-0.15, -0.1) is 0 Å². The Labute approximate surface area is 79.0 Å². The molecule has 13 heavy (non-hydrogen) atoms. The van der Waals surface area contributed by atoms with E-state index in [1.54, 1.807) is 0 Å². The lowest BCUT2D eigenvalue weighted by Gasteiger charge is -2.12. The van der Waals surface area contributed by atoms with Gasteiger partial charge in [0.05, 0.1) is 0 Å². The van der Waals surface area contributed by atoms with Crippen molar-refractivity contribution in [3.05, 3.63) is 28.8 Å². The van der Waals surface area contributed by atoms with E-state index in [1.807, 2.05) is 32.9 Å². The molecule has 0 unspecified atom stereocenters. The highest BCUT2D eigenvalue weighted by atomic mass is 31.2. The fraction of sp³-hybridized carbons (Fsp3) is 0.333. The third kappa shape index (κ3) is 2.66. The van der Waals surface area contributed by atoms with E-state index in [0.717, 1.165) is 16.7 Å². The first-order valence-electron chi connectivity index (χ1n) is 3.94. The van der Waals surface area contributed by atoms with Crippen LogP contribution in [0, 0.1) is 20.8 Å². The normalized spacial score (nSPS) is 10.6. The van der Waals surface area contributed by atoms with Crippen LogP contribution in [-0.2, 0) is 0 Å². The molecule has 0 bridgehead atoms. The maximum absolute atomic E-state index is 8.72. The molecule has 3 nitrogen and oxygen atoms in total. The molecule has 0 saturated heterocycles. The summed E-state index contributed by atoms with van der Waals surface area (Å²) in [5.41, 5.74) is 2.99. The molecule has 0 spiro atoms. The van der Waals surface area contributed by atoms with E-state index in [2.05, 4.69) is 0 Å². The van der Waals surface area contributed by atoms with Crippen LogP contribution < -0.4 is 4.52 Å². The van der Waals surface area contributed by atoms with Gasteiger partial charge in [-0.1, -0.05) is 17.7 Å². The molecule has 4 heteroatoms. The molecule has 0 heterocycles. The summed E-state index contributed by atoms with van der Waals surface area (Å²) in [5.74, 6) is 0.571. The third-order valence-electron chi connectivity index (χ3n) is 1.78. The van der Waals surface area contributed by atoms with Crippen LogP contribution in [0.1, 0.15) is 16.7 Å². The maximum atomic E-state index is 8.72. The Morgan fingerprint density at radius 2 is 1.54 bits per heavy atom. The van der Waals surface area contributed by atoms with Crippen LogP contribution >= 0.6 is 8.60 Å².